The van der Waals surface area contributed by atoms with E-state index in [-0.39, 0.29) is 0 Å². The van der Waals surface area contributed by atoms with Crippen molar-refractivity contribution in [2.24, 2.45) is 0 Å². The van der Waals surface area contributed by atoms with Crippen molar-refractivity contribution < 1.29 is 5.11 Å². The Hall–Kier alpha value is -2.19. The third kappa shape index (κ3) is 3.34. The Morgan fingerprint density at radius 1 is 0.864 bits per heavy atom. The molecule has 0 aliphatic rings. The van der Waals surface area contributed by atoms with Gasteiger partial charge in [-0.25, -0.2) is 0 Å². The zero-order valence-electron chi connectivity index (χ0n) is 12.5. The molecule has 1 nitrogen and oxygen atoms in total. The van der Waals surface area contributed by atoms with Gasteiger partial charge in [0.25, 0.3) is 0 Å². The minimum absolute atomic E-state index is 0.356. The molecule has 0 aromatic heterocycles. The molecule has 0 saturated carbocycles. The molecule has 3 rings (SSSR count). The first-order chi connectivity index (χ1) is 10.7. The summed E-state index contributed by atoms with van der Waals surface area (Å²) in [7, 11) is 0. The number of benzene rings is 3. The molecule has 0 bridgehead atoms. The smallest absolute Gasteiger partial charge is 0.118 e. The van der Waals surface area contributed by atoms with E-state index in [1.165, 1.54) is 21.6 Å². The van der Waals surface area contributed by atoms with E-state index in [2.05, 4.69) is 48.5 Å². The molecule has 0 amide bonds. The second-order valence-electron chi connectivity index (χ2n) is 5.26. The number of aryl methyl sites for hydroxylation is 1. The summed E-state index contributed by atoms with van der Waals surface area (Å²) >= 11 is 1.79. The topological polar surface area (TPSA) is 20.2 Å². The van der Waals surface area contributed by atoms with Gasteiger partial charge in [0.2, 0.25) is 0 Å². The first-order valence-electron chi connectivity index (χ1n) is 7.30. The molecule has 0 fully saturated rings. The molecule has 0 aliphatic carbocycles. The Morgan fingerprint density at radius 2 is 1.59 bits per heavy atom. The lowest BCUT2D eigenvalue weighted by Gasteiger charge is -2.10. The van der Waals surface area contributed by atoms with Gasteiger partial charge in [-0.2, -0.15) is 0 Å². The standard InChI is InChI=1S/C20H18OS/c1-15-13-18(11-12-20(15)21)22-14-17-9-5-6-10-19(17)16-7-3-2-4-8-16/h2-13,21H,14H2,1H3. The van der Waals surface area contributed by atoms with E-state index in [1.807, 2.05) is 25.1 Å². The first kappa shape index (κ1) is 14.7. The molecule has 0 heterocycles. The van der Waals surface area contributed by atoms with Crippen LogP contribution in [0.3, 0.4) is 0 Å². The molecule has 110 valence electrons. The maximum Gasteiger partial charge on any atom is 0.118 e. The van der Waals surface area contributed by atoms with Gasteiger partial charge < -0.3 is 5.11 Å². The van der Waals surface area contributed by atoms with E-state index in [4.69, 9.17) is 0 Å². The van der Waals surface area contributed by atoms with Crippen LogP contribution in [0.25, 0.3) is 11.1 Å². The summed E-state index contributed by atoms with van der Waals surface area (Å²) in [6.07, 6.45) is 0. The van der Waals surface area contributed by atoms with E-state index in [0.29, 0.717) is 5.75 Å². The van der Waals surface area contributed by atoms with Crippen molar-refractivity contribution in [1.82, 2.24) is 0 Å². The van der Waals surface area contributed by atoms with E-state index >= 15 is 0 Å². The average Bonchev–Trinajstić information content (AvgIpc) is 2.57. The number of phenolic OH excluding ortho intramolecular Hbond substituents is 1. The summed E-state index contributed by atoms with van der Waals surface area (Å²) in [6, 6.07) is 24.8. The molecule has 0 radical (unpaired) electrons. The summed E-state index contributed by atoms with van der Waals surface area (Å²) in [5, 5.41) is 9.61. The van der Waals surface area contributed by atoms with E-state index in [0.717, 1.165) is 11.3 Å². The van der Waals surface area contributed by atoms with E-state index in [1.54, 1.807) is 17.8 Å². The zero-order chi connectivity index (χ0) is 15.4. The van der Waals surface area contributed by atoms with Crippen LogP contribution in [0.15, 0.2) is 77.7 Å². The Bertz CT molecular complexity index is 766. The minimum Gasteiger partial charge on any atom is -0.508 e. The fraction of sp³-hybridized carbons (Fsp3) is 0.100. The molecule has 0 spiro atoms. The molecule has 3 aromatic rings. The largest absolute Gasteiger partial charge is 0.508 e. The maximum atomic E-state index is 9.61. The summed E-state index contributed by atoms with van der Waals surface area (Å²) in [6.45, 7) is 1.93. The van der Waals surface area contributed by atoms with Crippen molar-refractivity contribution in [3.8, 4) is 16.9 Å². The number of aromatic hydroxyl groups is 1. The maximum absolute atomic E-state index is 9.61. The molecule has 0 unspecified atom stereocenters. The van der Waals surface area contributed by atoms with Gasteiger partial charge in [0.15, 0.2) is 0 Å². The van der Waals surface area contributed by atoms with Crippen molar-refractivity contribution in [2.45, 2.75) is 17.6 Å². The Morgan fingerprint density at radius 3 is 2.36 bits per heavy atom. The van der Waals surface area contributed by atoms with Gasteiger partial charge in [-0.3, -0.25) is 0 Å². The van der Waals surface area contributed by atoms with Gasteiger partial charge in [-0.05, 0) is 47.4 Å². The van der Waals surface area contributed by atoms with Gasteiger partial charge in [0, 0.05) is 10.6 Å². The van der Waals surface area contributed by atoms with E-state index < -0.39 is 0 Å². The minimum atomic E-state index is 0.356. The lowest BCUT2D eigenvalue weighted by molar-refractivity contribution is 0.470. The number of thioether (sulfide) groups is 1. The monoisotopic (exact) mass is 306 g/mol. The summed E-state index contributed by atoms with van der Waals surface area (Å²) in [4.78, 5) is 1.18. The Labute approximate surface area is 135 Å². The number of hydrogen-bond donors (Lipinski definition) is 1. The van der Waals surface area contributed by atoms with Crippen molar-refractivity contribution in [1.29, 1.82) is 0 Å². The highest BCUT2D eigenvalue weighted by molar-refractivity contribution is 7.98. The Balaban J connectivity index is 1.82. The SMILES string of the molecule is Cc1cc(SCc2ccccc2-c2ccccc2)ccc1O. The molecule has 0 aliphatic heterocycles. The summed E-state index contributed by atoms with van der Waals surface area (Å²) < 4.78 is 0. The van der Waals surface area contributed by atoms with Gasteiger partial charge in [0.05, 0.1) is 0 Å². The summed E-state index contributed by atoms with van der Waals surface area (Å²) in [5.74, 6) is 1.27. The fourth-order valence-corrected chi connectivity index (χ4v) is 3.42. The lowest BCUT2D eigenvalue weighted by atomic mass is 10.0. The first-order valence-corrected chi connectivity index (χ1v) is 8.28. The Kier molecular flexibility index (Phi) is 4.50. The van der Waals surface area contributed by atoms with Crippen LogP contribution < -0.4 is 0 Å². The molecular formula is C20H18OS. The van der Waals surface area contributed by atoms with E-state index in [9.17, 15) is 5.11 Å². The fourth-order valence-electron chi connectivity index (χ4n) is 2.42. The highest BCUT2D eigenvalue weighted by Crippen LogP contribution is 2.31. The van der Waals surface area contributed by atoms with Crippen molar-refractivity contribution in [3.63, 3.8) is 0 Å². The van der Waals surface area contributed by atoms with Crippen LogP contribution in [0.4, 0.5) is 0 Å². The second-order valence-corrected chi connectivity index (χ2v) is 6.31. The highest BCUT2D eigenvalue weighted by Gasteiger charge is 2.05. The quantitative estimate of drug-likeness (QED) is 0.628. The molecule has 3 aromatic carbocycles. The normalized spacial score (nSPS) is 10.6. The highest BCUT2D eigenvalue weighted by atomic mass is 32.2. The number of phenols is 1. The van der Waals surface area contributed by atoms with Gasteiger partial charge in [-0.1, -0.05) is 54.6 Å². The van der Waals surface area contributed by atoms with Crippen LogP contribution in [0.2, 0.25) is 0 Å². The van der Waals surface area contributed by atoms with Crippen LogP contribution in [0.5, 0.6) is 5.75 Å². The number of hydrogen-bond acceptors (Lipinski definition) is 2. The van der Waals surface area contributed by atoms with Crippen LogP contribution in [0.1, 0.15) is 11.1 Å². The lowest BCUT2D eigenvalue weighted by Crippen LogP contribution is -1.87. The molecular weight excluding hydrogens is 288 g/mol. The van der Waals surface area contributed by atoms with Gasteiger partial charge >= 0.3 is 0 Å². The predicted molar refractivity (Wildman–Crippen MR) is 94.3 cm³/mol. The third-order valence-electron chi connectivity index (χ3n) is 3.66. The summed E-state index contributed by atoms with van der Waals surface area (Å²) in [5.41, 5.74) is 4.78. The molecule has 0 saturated heterocycles. The van der Waals surface area contributed by atoms with Crippen LogP contribution >= 0.6 is 11.8 Å². The van der Waals surface area contributed by atoms with Crippen molar-refractivity contribution >= 4 is 11.8 Å². The number of rotatable bonds is 4. The second kappa shape index (κ2) is 6.71. The van der Waals surface area contributed by atoms with Crippen LogP contribution in [-0.4, -0.2) is 5.11 Å². The van der Waals surface area contributed by atoms with Crippen molar-refractivity contribution in [2.75, 3.05) is 0 Å². The van der Waals surface area contributed by atoms with Gasteiger partial charge in [0.1, 0.15) is 5.75 Å². The molecule has 22 heavy (non-hydrogen) atoms. The predicted octanol–water partition coefficient (Wildman–Crippen LogP) is 5.66. The average molecular weight is 306 g/mol. The van der Waals surface area contributed by atoms with Crippen LogP contribution in [-0.2, 0) is 5.75 Å². The van der Waals surface area contributed by atoms with Crippen molar-refractivity contribution in [3.05, 3.63) is 83.9 Å². The molecule has 2 heteroatoms. The van der Waals surface area contributed by atoms with Crippen LogP contribution in [0, 0.1) is 6.92 Å². The molecule has 1 N–H and O–H groups in total. The third-order valence-corrected chi connectivity index (χ3v) is 4.71. The van der Waals surface area contributed by atoms with Gasteiger partial charge in [-0.15, -0.1) is 11.8 Å². The molecule has 0 atom stereocenters. The zero-order valence-corrected chi connectivity index (χ0v) is 13.3.